The van der Waals surface area contributed by atoms with E-state index in [1.807, 2.05) is 42.2 Å². The molecular formula is C20H21NO3. The summed E-state index contributed by atoms with van der Waals surface area (Å²) in [5, 5.41) is 0. The van der Waals surface area contributed by atoms with Crippen molar-refractivity contribution in [3.05, 3.63) is 59.3 Å². The lowest BCUT2D eigenvalue weighted by Gasteiger charge is -2.44. The molecule has 4 nitrogen and oxygen atoms in total. The van der Waals surface area contributed by atoms with Gasteiger partial charge in [-0.3, -0.25) is 14.4 Å². The normalized spacial score (nSPS) is 24.8. The highest BCUT2D eigenvalue weighted by atomic mass is 16.1. The third-order valence-electron chi connectivity index (χ3n) is 4.98. The number of carbonyl (C=O) groups is 3. The third kappa shape index (κ3) is 2.84. The van der Waals surface area contributed by atoms with Gasteiger partial charge in [0.2, 0.25) is 0 Å². The van der Waals surface area contributed by atoms with Crippen molar-refractivity contribution in [2.45, 2.75) is 45.2 Å². The number of hydrogen-bond donors (Lipinski definition) is 0. The van der Waals surface area contributed by atoms with Gasteiger partial charge in [0.25, 0.3) is 0 Å². The maximum absolute atomic E-state index is 12.9. The second-order valence-electron chi connectivity index (χ2n) is 6.65. The zero-order valence-electron chi connectivity index (χ0n) is 14.0. The third-order valence-corrected chi connectivity index (χ3v) is 4.98. The van der Waals surface area contributed by atoms with Gasteiger partial charge in [-0.1, -0.05) is 30.3 Å². The summed E-state index contributed by atoms with van der Waals surface area (Å²) in [6, 6.07) is 9.81. The molecule has 24 heavy (non-hydrogen) atoms. The van der Waals surface area contributed by atoms with Gasteiger partial charge in [-0.2, -0.15) is 0 Å². The summed E-state index contributed by atoms with van der Waals surface area (Å²) in [7, 11) is 0. The number of benzene rings is 1. The Morgan fingerprint density at radius 3 is 2.46 bits per heavy atom. The molecule has 1 spiro atoms. The van der Waals surface area contributed by atoms with Gasteiger partial charge in [-0.15, -0.1) is 0 Å². The summed E-state index contributed by atoms with van der Waals surface area (Å²) in [4.78, 5) is 39.3. The lowest BCUT2D eigenvalue weighted by atomic mass is 9.76. The molecule has 0 aromatic heterocycles. The number of allylic oxidation sites excluding steroid dienone is 3. The monoisotopic (exact) mass is 323 g/mol. The Bertz CT molecular complexity index is 760. The number of nitrogens with zero attached hydrogens (tertiary/aromatic N) is 1. The molecule has 1 aromatic rings. The second kappa shape index (κ2) is 6.19. The highest BCUT2D eigenvalue weighted by molar-refractivity contribution is 6.13. The second-order valence-corrected chi connectivity index (χ2v) is 6.65. The summed E-state index contributed by atoms with van der Waals surface area (Å²) in [6.07, 6.45) is 3.85. The minimum Gasteiger partial charge on any atom is -0.357 e. The topological polar surface area (TPSA) is 54.5 Å². The first kappa shape index (κ1) is 16.4. The van der Waals surface area contributed by atoms with Crippen LogP contribution in [0, 0.1) is 0 Å². The number of ketones is 3. The van der Waals surface area contributed by atoms with Crippen LogP contribution in [0.2, 0.25) is 0 Å². The molecular weight excluding hydrogens is 302 g/mol. The maximum Gasteiger partial charge on any atom is 0.182 e. The van der Waals surface area contributed by atoms with Crippen LogP contribution in [-0.4, -0.2) is 27.8 Å². The number of rotatable bonds is 2. The standard InChI is InChI=1S/C20H21NO3/c1-14-10-19(24)20(12-18(14)23)9-8-17(22)11-15(2)21(20)13-16-6-4-3-5-7-16/h3-7,10-11H,8-9,12-13H2,1-2H3. The first-order valence-corrected chi connectivity index (χ1v) is 8.21. The van der Waals surface area contributed by atoms with Crippen molar-refractivity contribution in [2.75, 3.05) is 0 Å². The molecule has 4 heteroatoms. The molecule has 2 aliphatic rings. The summed E-state index contributed by atoms with van der Waals surface area (Å²) >= 11 is 0. The Morgan fingerprint density at radius 2 is 1.75 bits per heavy atom. The molecule has 1 aromatic carbocycles. The average Bonchev–Trinajstić information content (AvgIpc) is 2.66. The van der Waals surface area contributed by atoms with Gasteiger partial charge in [0.1, 0.15) is 5.54 Å². The van der Waals surface area contributed by atoms with E-state index in [2.05, 4.69) is 0 Å². The number of Topliss-reactive ketones (excluding diaryl/α,β-unsaturated/α-hetero) is 1. The minimum absolute atomic E-state index is 0.00830. The van der Waals surface area contributed by atoms with E-state index in [4.69, 9.17) is 0 Å². The zero-order valence-corrected chi connectivity index (χ0v) is 14.0. The van der Waals surface area contributed by atoms with Crippen molar-refractivity contribution in [1.29, 1.82) is 0 Å². The molecule has 0 radical (unpaired) electrons. The molecule has 0 N–H and O–H groups in total. The molecule has 1 unspecified atom stereocenters. The van der Waals surface area contributed by atoms with Crippen LogP contribution in [0.4, 0.5) is 0 Å². The van der Waals surface area contributed by atoms with Gasteiger partial charge >= 0.3 is 0 Å². The van der Waals surface area contributed by atoms with Crippen molar-refractivity contribution < 1.29 is 14.4 Å². The summed E-state index contributed by atoms with van der Waals surface area (Å²) in [5.74, 6) is -0.0817. The fourth-order valence-corrected chi connectivity index (χ4v) is 3.57. The van der Waals surface area contributed by atoms with Gasteiger partial charge in [-0.25, -0.2) is 0 Å². The summed E-state index contributed by atoms with van der Waals surface area (Å²) in [6.45, 7) is 4.03. The van der Waals surface area contributed by atoms with E-state index in [9.17, 15) is 14.4 Å². The first-order valence-electron chi connectivity index (χ1n) is 8.21. The van der Waals surface area contributed by atoms with Crippen LogP contribution in [0.15, 0.2) is 53.8 Å². The van der Waals surface area contributed by atoms with E-state index in [-0.39, 0.29) is 30.2 Å². The highest BCUT2D eigenvalue weighted by Gasteiger charge is 2.48. The average molecular weight is 323 g/mol. The van der Waals surface area contributed by atoms with Gasteiger partial charge in [-0.05, 0) is 43.6 Å². The molecule has 0 saturated heterocycles. The quantitative estimate of drug-likeness (QED) is 0.839. The van der Waals surface area contributed by atoms with Crippen LogP contribution < -0.4 is 0 Å². The van der Waals surface area contributed by atoms with E-state index < -0.39 is 5.54 Å². The highest BCUT2D eigenvalue weighted by Crippen LogP contribution is 2.38. The van der Waals surface area contributed by atoms with Gasteiger partial charge in [0.05, 0.1) is 0 Å². The van der Waals surface area contributed by atoms with Crippen LogP contribution in [0.5, 0.6) is 0 Å². The Balaban J connectivity index is 2.07. The number of carbonyl (C=O) groups excluding carboxylic acids is 3. The van der Waals surface area contributed by atoms with Crippen molar-refractivity contribution in [3.63, 3.8) is 0 Å². The van der Waals surface area contributed by atoms with Gasteiger partial charge < -0.3 is 4.90 Å². The zero-order chi connectivity index (χ0) is 17.3. The lowest BCUT2D eigenvalue weighted by molar-refractivity contribution is -0.133. The van der Waals surface area contributed by atoms with Crippen molar-refractivity contribution in [2.24, 2.45) is 0 Å². The first-order chi connectivity index (χ1) is 11.4. The van der Waals surface area contributed by atoms with Crippen molar-refractivity contribution in [3.8, 4) is 0 Å². The molecule has 0 saturated carbocycles. The maximum atomic E-state index is 12.9. The fraction of sp³-hybridized carbons (Fsp3) is 0.350. The van der Waals surface area contributed by atoms with Gasteiger partial charge in [0, 0.05) is 25.1 Å². The van der Waals surface area contributed by atoms with Crippen LogP contribution in [0.3, 0.4) is 0 Å². The Morgan fingerprint density at radius 1 is 1.04 bits per heavy atom. The van der Waals surface area contributed by atoms with Crippen LogP contribution in [0.1, 0.15) is 38.7 Å². The van der Waals surface area contributed by atoms with Crippen LogP contribution in [0.25, 0.3) is 0 Å². The fourth-order valence-electron chi connectivity index (χ4n) is 3.57. The van der Waals surface area contributed by atoms with E-state index in [1.165, 1.54) is 6.08 Å². The Labute approximate surface area is 141 Å². The largest absolute Gasteiger partial charge is 0.357 e. The summed E-state index contributed by atoms with van der Waals surface area (Å²) < 4.78 is 0. The molecule has 0 bridgehead atoms. The van der Waals surface area contributed by atoms with E-state index in [0.717, 1.165) is 11.3 Å². The lowest BCUT2D eigenvalue weighted by Crippen LogP contribution is -2.55. The molecule has 1 atom stereocenters. The smallest absolute Gasteiger partial charge is 0.182 e. The van der Waals surface area contributed by atoms with E-state index in [1.54, 1.807) is 13.0 Å². The molecule has 3 rings (SSSR count). The molecule has 1 aliphatic heterocycles. The number of hydrogen-bond acceptors (Lipinski definition) is 4. The molecule has 1 aliphatic carbocycles. The van der Waals surface area contributed by atoms with Gasteiger partial charge in [0.15, 0.2) is 17.3 Å². The molecule has 124 valence electrons. The van der Waals surface area contributed by atoms with Crippen molar-refractivity contribution in [1.82, 2.24) is 4.90 Å². The van der Waals surface area contributed by atoms with E-state index >= 15 is 0 Å². The molecule has 1 heterocycles. The van der Waals surface area contributed by atoms with Crippen LogP contribution >= 0.6 is 0 Å². The summed E-state index contributed by atoms with van der Waals surface area (Å²) in [5.41, 5.74) is 1.35. The predicted octanol–water partition coefficient (Wildman–Crippen LogP) is 2.98. The van der Waals surface area contributed by atoms with Crippen LogP contribution in [-0.2, 0) is 20.9 Å². The van der Waals surface area contributed by atoms with Crippen molar-refractivity contribution >= 4 is 17.3 Å². The van der Waals surface area contributed by atoms with E-state index in [0.29, 0.717) is 18.5 Å². The SMILES string of the molecule is CC1=CC(=O)C2(CCC(=O)C=C(C)N2Cc2ccccc2)CC1=O. The Hall–Kier alpha value is -2.49. The molecule has 0 fully saturated rings. The predicted molar refractivity (Wildman–Crippen MR) is 91.1 cm³/mol. The Kier molecular flexibility index (Phi) is 4.22. The minimum atomic E-state index is -0.945. The molecule has 0 amide bonds.